The van der Waals surface area contributed by atoms with Gasteiger partial charge in [0.2, 0.25) is 11.8 Å². The Kier molecular flexibility index (Phi) is 11.8. The van der Waals surface area contributed by atoms with Gasteiger partial charge in [0.25, 0.3) is 5.91 Å². The first-order valence-corrected chi connectivity index (χ1v) is 10.8. The predicted octanol–water partition coefficient (Wildman–Crippen LogP) is 1.38. The van der Waals surface area contributed by atoms with Crippen molar-refractivity contribution in [3.05, 3.63) is 34.9 Å². The van der Waals surface area contributed by atoms with E-state index in [0.717, 1.165) is 0 Å². The van der Waals surface area contributed by atoms with Gasteiger partial charge in [-0.1, -0.05) is 11.6 Å². The lowest BCUT2D eigenvalue weighted by molar-refractivity contribution is -0.145. The Morgan fingerprint density at radius 2 is 1.66 bits per heavy atom. The third kappa shape index (κ3) is 10.2. The topological polar surface area (TPSA) is 114 Å². The van der Waals surface area contributed by atoms with Crippen molar-refractivity contribution in [1.82, 2.24) is 16.0 Å². The summed E-state index contributed by atoms with van der Waals surface area (Å²) < 4.78 is 4.68. The number of nitrogens with one attached hydrogen (secondary N) is 3. The van der Waals surface area contributed by atoms with Gasteiger partial charge in [-0.05, 0) is 42.7 Å². The number of rotatable bonds is 12. The number of esters is 1. The number of amides is 3. The van der Waals surface area contributed by atoms with Crippen molar-refractivity contribution >= 4 is 47.1 Å². The first kappa shape index (κ1) is 24.8. The van der Waals surface area contributed by atoms with E-state index in [2.05, 4.69) is 20.7 Å². The number of benzene rings is 1. The van der Waals surface area contributed by atoms with Gasteiger partial charge in [-0.15, -0.1) is 0 Å². The van der Waals surface area contributed by atoms with Crippen molar-refractivity contribution in [3.8, 4) is 0 Å². The summed E-state index contributed by atoms with van der Waals surface area (Å²) in [6, 6.07) is 5.72. The van der Waals surface area contributed by atoms with Crippen LogP contribution >= 0.6 is 23.4 Å². The number of methoxy groups -OCH3 is 1. The van der Waals surface area contributed by atoms with Crippen LogP contribution < -0.4 is 16.0 Å². The van der Waals surface area contributed by atoms with E-state index in [1.807, 2.05) is 6.26 Å². The number of hydrogen-bond donors (Lipinski definition) is 3. The zero-order valence-electron chi connectivity index (χ0n) is 16.5. The summed E-state index contributed by atoms with van der Waals surface area (Å²) in [6.07, 6.45) is 2.50. The molecule has 0 bridgehead atoms. The molecule has 0 aliphatic rings. The van der Waals surface area contributed by atoms with Crippen LogP contribution in [0.2, 0.25) is 5.02 Å². The van der Waals surface area contributed by atoms with Gasteiger partial charge in [0.1, 0.15) is 6.04 Å². The number of ether oxygens (including phenoxy) is 1. The van der Waals surface area contributed by atoms with E-state index in [0.29, 0.717) is 22.8 Å². The van der Waals surface area contributed by atoms with E-state index < -0.39 is 12.0 Å². The lowest BCUT2D eigenvalue weighted by atomic mass is 10.2. The Balaban J connectivity index is 2.25. The zero-order chi connectivity index (χ0) is 21.6. The van der Waals surface area contributed by atoms with Crippen molar-refractivity contribution in [2.75, 3.05) is 32.2 Å². The van der Waals surface area contributed by atoms with Crippen molar-refractivity contribution in [2.24, 2.45) is 0 Å². The molecule has 10 heteroatoms. The number of carbonyl (C=O) groups is 4. The number of thioether (sulfide) groups is 1. The predicted molar refractivity (Wildman–Crippen MR) is 113 cm³/mol. The van der Waals surface area contributed by atoms with Crippen molar-refractivity contribution in [2.45, 2.75) is 25.3 Å². The standard InChI is InChI=1S/C19H26ClN3O5S/c1-28-19(27)15(9-12-29-2)23-17(25)8-10-21-16(24)7-11-22-18(26)13-3-5-14(20)6-4-13/h3-6,15H,7-12H2,1-2H3,(H,21,24)(H,22,26)(H,23,25)/t15-/m0/s1. The van der Waals surface area contributed by atoms with Crippen LogP contribution in [0.4, 0.5) is 0 Å². The molecular formula is C19H26ClN3O5S. The minimum absolute atomic E-state index is 0.0373. The number of carbonyl (C=O) groups excluding carboxylic acids is 4. The van der Waals surface area contributed by atoms with Crippen LogP contribution in [0, 0.1) is 0 Å². The highest BCUT2D eigenvalue weighted by Gasteiger charge is 2.20. The molecule has 3 amide bonds. The maximum atomic E-state index is 12.0. The second kappa shape index (κ2) is 13.8. The summed E-state index contributed by atoms with van der Waals surface area (Å²) in [5, 5.41) is 8.39. The van der Waals surface area contributed by atoms with Gasteiger partial charge in [-0.25, -0.2) is 4.79 Å². The molecule has 1 aromatic rings. The summed E-state index contributed by atoms with van der Waals surface area (Å²) in [4.78, 5) is 47.4. The summed E-state index contributed by atoms with van der Waals surface area (Å²) in [5.74, 6) is -0.724. The minimum Gasteiger partial charge on any atom is -0.467 e. The molecule has 1 atom stereocenters. The van der Waals surface area contributed by atoms with Gasteiger partial charge in [-0.2, -0.15) is 11.8 Å². The lowest BCUT2D eigenvalue weighted by Gasteiger charge is -2.16. The average molecular weight is 444 g/mol. The molecule has 0 saturated carbocycles. The summed E-state index contributed by atoms with van der Waals surface area (Å²) in [7, 11) is 1.27. The molecule has 8 nitrogen and oxygen atoms in total. The van der Waals surface area contributed by atoms with Crippen molar-refractivity contribution < 1.29 is 23.9 Å². The molecular weight excluding hydrogens is 418 g/mol. The summed E-state index contributed by atoms with van der Waals surface area (Å²) in [5.41, 5.74) is 0.452. The Bertz CT molecular complexity index is 700. The lowest BCUT2D eigenvalue weighted by Crippen LogP contribution is -2.43. The molecule has 0 aliphatic carbocycles. The molecule has 0 fully saturated rings. The fourth-order valence-corrected chi connectivity index (χ4v) is 2.89. The van der Waals surface area contributed by atoms with Crippen molar-refractivity contribution in [1.29, 1.82) is 0 Å². The van der Waals surface area contributed by atoms with E-state index in [4.69, 9.17) is 11.6 Å². The van der Waals surface area contributed by atoms with E-state index >= 15 is 0 Å². The SMILES string of the molecule is COC(=O)[C@H](CCSC)NC(=O)CCNC(=O)CCNC(=O)c1ccc(Cl)cc1. The van der Waals surface area contributed by atoms with Gasteiger partial charge < -0.3 is 20.7 Å². The normalized spacial score (nSPS) is 11.3. The Hall–Kier alpha value is -2.26. The Morgan fingerprint density at radius 1 is 1.03 bits per heavy atom. The minimum atomic E-state index is -0.696. The number of halogens is 1. The summed E-state index contributed by atoms with van der Waals surface area (Å²) >= 11 is 7.33. The van der Waals surface area contributed by atoms with Crippen LogP contribution in [0.5, 0.6) is 0 Å². The van der Waals surface area contributed by atoms with Crippen LogP contribution in [-0.2, 0) is 19.1 Å². The van der Waals surface area contributed by atoms with E-state index in [1.165, 1.54) is 7.11 Å². The zero-order valence-corrected chi connectivity index (χ0v) is 18.0. The molecule has 0 spiro atoms. The van der Waals surface area contributed by atoms with Crippen LogP contribution in [-0.4, -0.2) is 61.9 Å². The quantitative estimate of drug-likeness (QED) is 0.420. The highest BCUT2D eigenvalue weighted by atomic mass is 35.5. The second-order valence-corrected chi connectivity index (χ2v) is 7.46. The second-order valence-electron chi connectivity index (χ2n) is 6.04. The maximum absolute atomic E-state index is 12.0. The van der Waals surface area contributed by atoms with Gasteiger partial charge >= 0.3 is 5.97 Å². The third-order valence-corrected chi connectivity index (χ3v) is 4.75. The molecule has 1 rings (SSSR count). The van der Waals surface area contributed by atoms with Crippen LogP contribution in [0.3, 0.4) is 0 Å². The van der Waals surface area contributed by atoms with Crippen LogP contribution in [0.1, 0.15) is 29.6 Å². The molecule has 0 saturated heterocycles. The molecule has 0 radical (unpaired) electrons. The van der Waals surface area contributed by atoms with Gasteiger partial charge in [-0.3, -0.25) is 14.4 Å². The monoisotopic (exact) mass is 443 g/mol. The highest BCUT2D eigenvalue weighted by molar-refractivity contribution is 7.98. The molecule has 0 aliphatic heterocycles. The van der Waals surface area contributed by atoms with Gasteiger partial charge in [0.15, 0.2) is 0 Å². The molecule has 29 heavy (non-hydrogen) atoms. The smallest absolute Gasteiger partial charge is 0.328 e. The number of hydrogen-bond acceptors (Lipinski definition) is 6. The van der Waals surface area contributed by atoms with E-state index in [9.17, 15) is 19.2 Å². The van der Waals surface area contributed by atoms with E-state index in [1.54, 1.807) is 36.0 Å². The van der Waals surface area contributed by atoms with Gasteiger partial charge in [0.05, 0.1) is 7.11 Å². The third-order valence-electron chi connectivity index (χ3n) is 3.85. The molecule has 0 aromatic heterocycles. The fraction of sp³-hybridized carbons (Fsp3) is 0.474. The molecule has 160 valence electrons. The van der Waals surface area contributed by atoms with Crippen molar-refractivity contribution in [3.63, 3.8) is 0 Å². The Morgan fingerprint density at radius 3 is 2.28 bits per heavy atom. The van der Waals surface area contributed by atoms with Gasteiger partial charge in [0, 0.05) is 36.5 Å². The molecule has 0 heterocycles. The first-order valence-electron chi connectivity index (χ1n) is 9.04. The maximum Gasteiger partial charge on any atom is 0.328 e. The highest BCUT2D eigenvalue weighted by Crippen LogP contribution is 2.09. The average Bonchev–Trinajstić information content (AvgIpc) is 2.70. The fourth-order valence-electron chi connectivity index (χ4n) is 2.29. The largest absolute Gasteiger partial charge is 0.467 e. The molecule has 1 aromatic carbocycles. The van der Waals surface area contributed by atoms with Crippen LogP contribution in [0.15, 0.2) is 24.3 Å². The Labute approximate surface area is 179 Å². The molecule has 3 N–H and O–H groups in total. The summed E-state index contributed by atoms with van der Waals surface area (Å²) in [6.45, 7) is 0.296. The molecule has 0 unspecified atom stereocenters. The van der Waals surface area contributed by atoms with Crippen LogP contribution in [0.25, 0.3) is 0 Å². The first-order chi connectivity index (χ1) is 13.9. The van der Waals surface area contributed by atoms with E-state index in [-0.39, 0.29) is 43.7 Å².